The van der Waals surface area contributed by atoms with Crippen molar-refractivity contribution in [1.82, 2.24) is 20.1 Å². The highest BCUT2D eigenvalue weighted by atomic mass is 19.1. The zero-order valence-corrected chi connectivity index (χ0v) is 19.9. The third kappa shape index (κ3) is 3.67. The monoisotopic (exact) mass is 501 g/mol. The molecular formula is C24H25F2N5O5. The molecular weight excluding hydrogens is 476 g/mol. The van der Waals surface area contributed by atoms with Gasteiger partial charge in [-0.2, -0.15) is 0 Å². The maximum atomic E-state index is 14.0. The van der Waals surface area contributed by atoms with Crippen molar-refractivity contribution in [1.29, 1.82) is 0 Å². The Balaban J connectivity index is 1.58. The largest absolute Gasteiger partial charge is 0.491 e. The van der Waals surface area contributed by atoms with E-state index in [2.05, 4.69) is 15.8 Å². The van der Waals surface area contributed by atoms with Crippen LogP contribution in [0.15, 0.2) is 34.3 Å². The van der Waals surface area contributed by atoms with Gasteiger partial charge in [0, 0.05) is 43.4 Å². The molecule has 190 valence electrons. The lowest BCUT2D eigenvalue weighted by molar-refractivity contribution is -0.0796. The Morgan fingerprint density at radius 2 is 2.14 bits per heavy atom. The zero-order chi connectivity index (χ0) is 25.8. The Kier molecular flexibility index (Phi) is 5.68. The van der Waals surface area contributed by atoms with E-state index < -0.39 is 34.7 Å². The molecule has 36 heavy (non-hydrogen) atoms. The van der Waals surface area contributed by atoms with Gasteiger partial charge >= 0.3 is 0 Å². The number of pyridine rings is 1. The summed E-state index contributed by atoms with van der Waals surface area (Å²) in [4.78, 5) is 47.3. The van der Waals surface area contributed by atoms with Crippen molar-refractivity contribution >= 4 is 17.6 Å². The number of rotatable bonds is 4. The summed E-state index contributed by atoms with van der Waals surface area (Å²) in [5.41, 5.74) is -1.99. The topological polar surface area (TPSA) is 114 Å². The first-order valence-electron chi connectivity index (χ1n) is 11.5. The number of amides is 2. The Labute approximate surface area is 204 Å². The predicted octanol–water partition coefficient (Wildman–Crippen LogP) is 1.89. The second kappa shape index (κ2) is 8.61. The highest BCUT2D eigenvalue weighted by molar-refractivity contribution is 5.99. The fraction of sp³-hybridized carbons (Fsp3) is 0.417. The van der Waals surface area contributed by atoms with E-state index in [0.29, 0.717) is 24.7 Å². The quantitative estimate of drug-likeness (QED) is 0.662. The van der Waals surface area contributed by atoms with E-state index >= 15 is 0 Å². The summed E-state index contributed by atoms with van der Waals surface area (Å²) < 4.78 is 34.1. The molecule has 0 aliphatic carbocycles. The average molecular weight is 501 g/mol. The van der Waals surface area contributed by atoms with Crippen LogP contribution in [0.4, 0.5) is 8.78 Å². The molecule has 1 fully saturated rings. The van der Waals surface area contributed by atoms with Crippen LogP contribution in [0.25, 0.3) is 0 Å². The molecule has 2 bridgehead atoms. The lowest BCUT2D eigenvalue weighted by atomic mass is 9.96. The Hall–Kier alpha value is -3.96. The van der Waals surface area contributed by atoms with Gasteiger partial charge in [0.25, 0.3) is 11.8 Å². The molecule has 3 aliphatic heterocycles. The maximum Gasteiger partial charge on any atom is 0.274 e. The lowest BCUT2D eigenvalue weighted by Gasteiger charge is -2.42. The van der Waals surface area contributed by atoms with Crippen LogP contribution in [0.2, 0.25) is 0 Å². The molecule has 1 unspecified atom stereocenters. The van der Waals surface area contributed by atoms with Crippen molar-refractivity contribution < 1.29 is 27.9 Å². The number of nitrogens with zero attached hydrogens (tertiary/aromatic N) is 3. The number of hydrogen-bond donors (Lipinski definition) is 2. The summed E-state index contributed by atoms with van der Waals surface area (Å²) in [6, 6.07) is 2.32. The van der Waals surface area contributed by atoms with Crippen LogP contribution in [0.5, 0.6) is 5.75 Å². The smallest absolute Gasteiger partial charge is 0.274 e. The van der Waals surface area contributed by atoms with E-state index in [0.717, 1.165) is 6.07 Å². The molecule has 3 aliphatic rings. The van der Waals surface area contributed by atoms with Gasteiger partial charge in [0.1, 0.15) is 29.1 Å². The van der Waals surface area contributed by atoms with Crippen molar-refractivity contribution in [3.63, 3.8) is 0 Å². The highest BCUT2D eigenvalue weighted by Crippen LogP contribution is 2.42. The molecule has 0 saturated carbocycles. The van der Waals surface area contributed by atoms with Gasteiger partial charge in [-0.1, -0.05) is 11.2 Å². The Morgan fingerprint density at radius 1 is 1.36 bits per heavy atom. The number of oxime groups is 1. The molecule has 4 heterocycles. The number of carbonyl (C=O) groups is 2. The van der Waals surface area contributed by atoms with E-state index in [9.17, 15) is 23.2 Å². The normalized spacial score (nSPS) is 24.4. The fourth-order valence-corrected chi connectivity index (χ4v) is 5.09. The molecule has 10 nitrogen and oxygen atoms in total. The van der Waals surface area contributed by atoms with Gasteiger partial charge in [0.05, 0.1) is 7.11 Å². The van der Waals surface area contributed by atoms with E-state index in [1.165, 1.54) is 19.4 Å². The van der Waals surface area contributed by atoms with Crippen molar-refractivity contribution in [3.05, 3.63) is 63.1 Å². The first-order valence-corrected chi connectivity index (χ1v) is 11.5. The number of fused-ring (bicyclic) bond motifs is 5. The first kappa shape index (κ1) is 23.8. The van der Waals surface area contributed by atoms with E-state index in [4.69, 9.17) is 9.57 Å². The maximum absolute atomic E-state index is 14.0. The second-order valence-corrected chi connectivity index (χ2v) is 9.22. The van der Waals surface area contributed by atoms with Crippen molar-refractivity contribution in [2.75, 3.05) is 13.7 Å². The highest BCUT2D eigenvalue weighted by Gasteiger charge is 2.54. The predicted molar refractivity (Wildman–Crippen MR) is 124 cm³/mol. The van der Waals surface area contributed by atoms with E-state index in [1.807, 2.05) is 6.92 Å². The average Bonchev–Trinajstić information content (AvgIpc) is 3.17. The summed E-state index contributed by atoms with van der Waals surface area (Å²) >= 11 is 0. The van der Waals surface area contributed by atoms with Gasteiger partial charge in [0.2, 0.25) is 11.2 Å². The molecule has 1 saturated heterocycles. The van der Waals surface area contributed by atoms with Gasteiger partial charge in [-0.3, -0.25) is 14.4 Å². The molecule has 2 aromatic rings. The molecule has 1 aromatic carbocycles. The molecule has 1 spiro atoms. The van der Waals surface area contributed by atoms with Crippen LogP contribution in [0.3, 0.4) is 0 Å². The van der Waals surface area contributed by atoms with Crippen molar-refractivity contribution in [2.45, 2.75) is 51.0 Å². The van der Waals surface area contributed by atoms with Crippen LogP contribution in [0, 0.1) is 11.6 Å². The molecule has 0 radical (unpaired) electrons. The number of methoxy groups -OCH3 is 1. The molecule has 12 heteroatoms. The summed E-state index contributed by atoms with van der Waals surface area (Å²) in [7, 11) is 1.25. The minimum Gasteiger partial charge on any atom is -0.491 e. The Morgan fingerprint density at radius 3 is 2.81 bits per heavy atom. The molecule has 5 rings (SSSR count). The van der Waals surface area contributed by atoms with Gasteiger partial charge in [0.15, 0.2) is 11.4 Å². The summed E-state index contributed by atoms with van der Waals surface area (Å²) in [6.45, 7) is 3.67. The Bertz CT molecular complexity index is 1360. The summed E-state index contributed by atoms with van der Waals surface area (Å²) in [6.07, 6.45) is 2.45. The van der Waals surface area contributed by atoms with Crippen LogP contribution in [-0.2, 0) is 11.4 Å². The lowest BCUT2D eigenvalue weighted by Crippen LogP contribution is -2.57. The standard InChI is InChI=1S/C24H25F2N5O5/c1-12-6-7-24(28-13(2)29-36-24)18-11-30(12)23(34)19-21(35-3)20(32)16(10-31(18)19)22(33)27-9-14-4-5-15(25)8-17(14)26/h4-5,8,10,12,18H,6-7,9,11H2,1-3H3,(H,27,33)(H,28,29)/t12-,18?,24+/m0/s1. The number of hydrogen-bond acceptors (Lipinski definition) is 7. The number of ether oxygens (including phenoxy) is 1. The summed E-state index contributed by atoms with van der Waals surface area (Å²) in [5, 5.41) is 9.84. The van der Waals surface area contributed by atoms with Crippen molar-refractivity contribution in [3.8, 4) is 5.75 Å². The van der Waals surface area contributed by atoms with Crippen molar-refractivity contribution in [2.24, 2.45) is 5.16 Å². The first-order chi connectivity index (χ1) is 17.1. The van der Waals surface area contributed by atoms with Gasteiger partial charge in [-0.05, 0) is 26.3 Å². The molecule has 3 atom stereocenters. The van der Waals surface area contributed by atoms with Crippen LogP contribution >= 0.6 is 0 Å². The van der Waals surface area contributed by atoms with E-state index in [1.54, 1.807) is 16.4 Å². The fourth-order valence-electron chi connectivity index (χ4n) is 5.09. The molecule has 2 N–H and O–H groups in total. The third-order valence-corrected chi connectivity index (χ3v) is 7.01. The van der Waals surface area contributed by atoms with Crippen LogP contribution in [-0.4, -0.2) is 52.5 Å². The summed E-state index contributed by atoms with van der Waals surface area (Å²) in [5.74, 6) is -2.45. The minimum atomic E-state index is -0.992. The number of benzene rings is 1. The SMILES string of the molecule is COc1c2n(cc(C(=O)NCc3ccc(F)cc3F)c1=O)C1CN(C2=O)[C@@H](C)CC[C@]12NC(C)=NO2. The number of nitrogens with one attached hydrogen (secondary N) is 2. The van der Waals surface area contributed by atoms with Crippen LogP contribution < -0.4 is 20.8 Å². The van der Waals surface area contributed by atoms with Crippen LogP contribution in [0.1, 0.15) is 59.1 Å². The third-order valence-electron chi connectivity index (χ3n) is 7.01. The van der Waals surface area contributed by atoms with Gasteiger partial charge in [-0.25, -0.2) is 8.78 Å². The van der Waals surface area contributed by atoms with Gasteiger partial charge in [-0.15, -0.1) is 0 Å². The molecule has 1 aromatic heterocycles. The zero-order valence-electron chi connectivity index (χ0n) is 19.9. The molecule has 2 amide bonds. The second-order valence-electron chi connectivity index (χ2n) is 9.22. The number of carbonyl (C=O) groups excluding carboxylic acids is 2. The number of aromatic nitrogens is 1. The van der Waals surface area contributed by atoms with Gasteiger partial charge < -0.3 is 29.7 Å². The minimum absolute atomic E-state index is 0.0166. The number of halogens is 2. The van der Waals surface area contributed by atoms with E-state index in [-0.39, 0.29) is 47.6 Å². The number of amidine groups is 1.